The molecule has 0 bridgehead atoms. The lowest BCUT2D eigenvalue weighted by atomic mass is 10.1. The van der Waals surface area contributed by atoms with Gasteiger partial charge in [-0.25, -0.2) is 9.97 Å². The van der Waals surface area contributed by atoms with Gasteiger partial charge in [-0.15, -0.1) is 0 Å². The van der Waals surface area contributed by atoms with Crippen molar-refractivity contribution in [2.45, 2.75) is 13.0 Å². The standard InChI is InChI=1S/C22H22N6O2/c1-15(16-6-4-3-5-7-16)25-20-11-23-12-21(27-20)28-14-24-18-10-17(8-9-19(18)28)26-22(29)13-30-2/h3-12,14-15H,13H2,1-2H3,(H,25,27)(H,26,29)/t15-/m0/s1. The maximum Gasteiger partial charge on any atom is 0.250 e. The maximum absolute atomic E-state index is 11.7. The molecule has 0 fully saturated rings. The normalized spacial score (nSPS) is 11.9. The molecule has 30 heavy (non-hydrogen) atoms. The van der Waals surface area contributed by atoms with Gasteiger partial charge in [0.05, 0.1) is 23.4 Å². The lowest BCUT2D eigenvalue weighted by Crippen LogP contribution is -2.16. The number of amides is 1. The Kier molecular flexibility index (Phi) is 5.67. The van der Waals surface area contributed by atoms with Gasteiger partial charge in [0.1, 0.15) is 18.8 Å². The molecule has 8 heteroatoms. The Labute approximate surface area is 174 Å². The first-order valence-electron chi connectivity index (χ1n) is 9.54. The third-order valence-corrected chi connectivity index (χ3v) is 4.64. The van der Waals surface area contributed by atoms with Gasteiger partial charge in [-0.1, -0.05) is 30.3 Å². The second-order valence-electron chi connectivity index (χ2n) is 6.84. The minimum atomic E-state index is -0.214. The Bertz CT molecular complexity index is 1160. The van der Waals surface area contributed by atoms with Gasteiger partial charge in [0.15, 0.2) is 5.82 Å². The maximum atomic E-state index is 11.7. The van der Waals surface area contributed by atoms with E-state index in [4.69, 9.17) is 4.74 Å². The van der Waals surface area contributed by atoms with Crippen molar-refractivity contribution in [3.63, 3.8) is 0 Å². The quantitative estimate of drug-likeness (QED) is 0.491. The van der Waals surface area contributed by atoms with Gasteiger partial charge >= 0.3 is 0 Å². The molecule has 0 aliphatic rings. The summed E-state index contributed by atoms with van der Waals surface area (Å²) in [6.07, 6.45) is 5.08. The second kappa shape index (κ2) is 8.71. The molecule has 8 nitrogen and oxygen atoms in total. The molecule has 1 atom stereocenters. The highest BCUT2D eigenvalue weighted by Gasteiger charge is 2.11. The minimum Gasteiger partial charge on any atom is -0.375 e. The van der Waals surface area contributed by atoms with Crippen LogP contribution in [0.25, 0.3) is 16.9 Å². The minimum absolute atomic E-state index is 0.00324. The van der Waals surface area contributed by atoms with Crippen LogP contribution in [0.3, 0.4) is 0 Å². The van der Waals surface area contributed by atoms with Crippen LogP contribution in [0.4, 0.5) is 11.5 Å². The van der Waals surface area contributed by atoms with Crippen LogP contribution in [-0.4, -0.2) is 39.1 Å². The van der Waals surface area contributed by atoms with E-state index in [9.17, 15) is 4.79 Å². The van der Waals surface area contributed by atoms with E-state index in [0.29, 0.717) is 17.3 Å². The van der Waals surface area contributed by atoms with Gasteiger partial charge in [0, 0.05) is 18.8 Å². The highest BCUT2D eigenvalue weighted by atomic mass is 16.5. The van der Waals surface area contributed by atoms with Gasteiger partial charge in [-0.2, -0.15) is 0 Å². The lowest BCUT2D eigenvalue weighted by Gasteiger charge is -2.15. The summed E-state index contributed by atoms with van der Waals surface area (Å²) >= 11 is 0. The smallest absolute Gasteiger partial charge is 0.250 e. The van der Waals surface area contributed by atoms with E-state index < -0.39 is 0 Å². The van der Waals surface area contributed by atoms with Crippen LogP contribution in [0.1, 0.15) is 18.5 Å². The van der Waals surface area contributed by atoms with Crippen LogP contribution in [0.15, 0.2) is 67.3 Å². The first-order valence-corrected chi connectivity index (χ1v) is 9.54. The van der Waals surface area contributed by atoms with Crippen LogP contribution in [0, 0.1) is 0 Å². The predicted octanol–water partition coefficient (Wildman–Crippen LogP) is 3.57. The Morgan fingerprint density at radius 3 is 2.80 bits per heavy atom. The van der Waals surface area contributed by atoms with Crippen molar-refractivity contribution < 1.29 is 9.53 Å². The number of aromatic nitrogens is 4. The molecule has 2 aromatic carbocycles. The number of benzene rings is 2. The summed E-state index contributed by atoms with van der Waals surface area (Å²) in [5, 5.41) is 6.16. The number of ether oxygens (including phenoxy) is 1. The topological polar surface area (TPSA) is 94.0 Å². The average Bonchev–Trinajstić information content (AvgIpc) is 3.18. The summed E-state index contributed by atoms with van der Waals surface area (Å²) in [5.74, 6) is 1.11. The van der Waals surface area contributed by atoms with E-state index in [1.165, 1.54) is 12.7 Å². The van der Waals surface area contributed by atoms with E-state index in [1.54, 1.807) is 18.7 Å². The van der Waals surface area contributed by atoms with Crippen LogP contribution in [0.2, 0.25) is 0 Å². The molecule has 2 N–H and O–H groups in total. The highest BCUT2D eigenvalue weighted by molar-refractivity contribution is 5.94. The third kappa shape index (κ3) is 4.28. The number of rotatable bonds is 7. The number of anilines is 2. The molecule has 0 aliphatic heterocycles. The molecule has 0 saturated heterocycles. The van der Waals surface area contributed by atoms with Crippen molar-refractivity contribution in [2.75, 3.05) is 24.4 Å². The zero-order valence-corrected chi connectivity index (χ0v) is 16.7. The van der Waals surface area contributed by atoms with Crippen molar-refractivity contribution >= 4 is 28.4 Å². The molecule has 2 aromatic heterocycles. The van der Waals surface area contributed by atoms with Gasteiger partial charge in [0.25, 0.3) is 0 Å². The fraction of sp³-hybridized carbons (Fsp3) is 0.182. The molecule has 0 saturated carbocycles. The summed E-state index contributed by atoms with van der Waals surface area (Å²) in [6, 6.07) is 15.8. The third-order valence-electron chi connectivity index (χ3n) is 4.64. The van der Waals surface area contributed by atoms with Crippen molar-refractivity contribution in [3.8, 4) is 5.82 Å². The Balaban J connectivity index is 1.56. The van der Waals surface area contributed by atoms with E-state index in [1.807, 2.05) is 41.0 Å². The zero-order chi connectivity index (χ0) is 20.9. The van der Waals surface area contributed by atoms with Gasteiger partial charge in [-0.3, -0.25) is 14.3 Å². The van der Waals surface area contributed by atoms with Gasteiger partial charge < -0.3 is 15.4 Å². The number of imidazole rings is 1. The summed E-state index contributed by atoms with van der Waals surface area (Å²) < 4.78 is 6.70. The largest absolute Gasteiger partial charge is 0.375 e. The summed E-state index contributed by atoms with van der Waals surface area (Å²) in [6.45, 7) is 2.08. The first-order chi connectivity index (χ1) is 14.6. The molecule has 0 spiro atoms. The number of carbonyl (C=O) groups excluding carboxylic acids is 1. The van der Waals surface area contributed by atoms with Crippen LogP contribution in [-0.2, 0) is 9.53 Å². The Hall–Kier alpha value is -3.78. The van der Waals surface area contributed by atoms with Crippen LogP contribution < -0.4 is 10.6 Å². The van der Waals surface area contributed by atoms with E-state index >= 15 is 0 Å². The van der Waals surface area contributed by atoms with Crippen LogP contribution >= 0.6 is 0 Å². The van der Waals surface area contributed by atoms with Crippen molar-refractivity contribution in [3.05, 3.63) is 72.8 Å². The molecule has 4 rings (SSSR count). The lowest BCUT2D eigenvalue weighted by molar-refractivity contribution is -0.119. The number of nitrogens with zero attached hydrogens (tertiary/aromatic N) is 4. The second-order valence-corrected chi connectivity index (χ2v) is 6.84. The van der Waals surface area contributed by atoms with Crippen molar-refractivity contribution in [1.82, 2.24) is 19.5 Å². The summed E-state index contributed by atoms with van der Waals surface area (Å²) in [7, 11) is 1.48. The molecular formula is C22H22N6O2. The monoisotopic (exact) mass is 402 g/mol. The fourth-order valence-electron chi connectivity index (χ4n) is 3.19. The summed E-state index contributed by atoms with van der Waals surface area (Å²) in [4.78, 5) is 25.2. The number of methoxy groups -OCH3 is 1. The Morgan fingerprint density at radius 2 is 2.00 bits per heavy atom. The van der Waals surface area contributed by atoms with Crippen molar-refractivity contribution in [1.29, 1.82) is 0 Å². The van der Waals surface area contributed by atoms with E-state index in [2.05, 4.69) is 44.6 Å². The molecule has 1 amide bonds. The number of nitrogens with one attached hydrogen (secondary N) is 2. The van der Waals surface area contributed by atoms with Gasteiger partial charge in [-0.05, 0) is 30.7 Å². The molecule has 0 unspecified atom stereocenters. The first kappa shape index (κ1) is 19.5. The number of carbonyl (C=O) groups is 1. The Morgan fingerprint density at radius 1 is 1.17 bits per heavy atom. The molecule has 0 aliphatic carbocycles. The molecule has 152 valence electrons. The zero-order valence-electron chi connectivity index (χ0n) is 16.7. The molecule has 2 heterocycles. The molecular weight excluding hydrogens is 380 g/mol. The van der Waals surface area contributed by atoms with E-state index in [0.717, 1.165) is 11.0 Å². The predicted molar refractivity (Wildman–Crippen MR) is 116 cm³/mol. The SMILES string of the molecule is COCC(=O)Nc1ccc2c(c1)ncn2-c1cncc(N[C@@H](C)c2ccccc2)n1. The number of hydrogen-bond acceptors (Lipinski definition) is 6. The summed E-state index contributed by atoms with van der Waals surface area (Å²) in [5.41, 5.74) is 3.43. The average molecular weight is 402 g/mol. The van der Waals surface area contributed by atoms with Gasteiger partial charge in [0.2, 0.25) is 5.91 Å². The number of hydrogen-bond donors (Lipinski definition) is 2. The highest BCUT2D eigenvalue weighted by Crippen LogP contribution is 2.22. The molecule has 4 aromatic rings. The van der Waals surface area contributed by atoms with Crippen molar-refractivity contribution in [2.24, 2.45) is 0 Å². The van der Waals surface area contributed by atoms with E-state index in [-0.39, 0.29) is 18.6 Å². The molecule has 0 radical (unpaired) electrons. The fourth-order valence-corrected chi connectivity index (χ4v) is 3.19. The number of fused-ring (bicyclic) bond motifs is 1. The van der Waals surface area contributed by atoms with Crippen LogP contribution in [0.5, 0.6) is 0 Å².